The lowest BCUT2D eigenvalue weighted by Crippen LogP contribution is -2.39. The van der Waals surface area contributed by atoms with Crippen molar-refractivity contribution in [1.82, 2.24) is 15.2 Å². The van der Waals surface area contributed by atoms with Crippen molar-refractivity contribution in [3.05, 3.63) is 24.5 Å². The molecule has 1 saturated heterocycles. The number of pyridine rings is 1. The minimum atomic E-state index is 0.143. The number of carbonyl (C=O) groups excluding carboxylic acids is 1. The zero-order valence-electron chi connectivity index (χ0n) is 12.3. The van der Waals surface area contributed by atoms with E-state index in [-0.39, 0.29) is 12.0 Å². The van der Waals surface area contributed by atoms with Gasteiger partial charge in [-0.15, -0.1) is 0 Å². The summed E-state index contributed by atoms with van der Waals surface area (Å²) in [6.45, 7) is 3.06. The molecule has 1 N–H and O–H groups in total. The van der Waals surface area contributed by atoms with Crippen LogP contribution in [0.5, 0.6) is 5.75 Å². The summed E-state index contributed by atoms with van der Waals surface area (Å²) in [5.41, 5.74) is 0. The van der Waals surface area contributed by atoms with Crippen LogP contribution in [0, 0.1) is 5.92 Å². The first-order valence-electron chi connectivity index (χ1n) is 7.85. The van der Waals surface area contributed by atoms with Crippen molar-refractivity contribution < 1.29 is 9.53 Å². The molecule has 0 spiro atoms. The standard InChI is InChI=1S/C16H23N3O2/c20-16(18-9-13-3-1-4-13)12-19-8-6-15(11-19)21-14-5-2-7-17-10-14/h2,5,7,10,13,15H,1,3-4,6,8-9,11-12H2,(H,18,20)/t15-/m0/s1. The Balaban J connectivity index is 1.36. The van der Waals surface area contributed by atoms with E-state index in [2.05, 4.69) is 15.2 Å². The molecule has 3 rings (SSSR count). The molecule has 2 fully saturated rings. The molecule has 1 aromatic rings. The molecule has 1 atom stereocenters. The molecule has 1 saturated carbocycles. The van der Waals surface area contributed by atoms with E-state index < -0.39 is 0 Å². The van der Waals surface area contributed by atoms with Gasteiger partial charge in [-0.05, 0) is 37.3 Å². The minimum Gasteiger partial charge on any atom is -0.487 e. The van der Waals surface area contributed by atoms with Crippen molar-refractivity contribution in [2.75, 3.05) is 26.2 Å². The van der Waals surface area contributed by atoms with E-state index >= 15 is 0 Å². The van der Waals surface area contributed by atoms with E-state index in [1.54, 1.807) is 12.4 Å². The Labute approximate surface area is 125 Å². The quantitative estimate of drug-likeness (QED) is 0.861. The first kappa shape index (κ1) is 14.3. The Bertz CT molecular complexity index is 462. The minimum absolute atomic E-state index is 0.143. The van der Waals surface area contributed by atoms with Gasteiger partial charge in [0.2, 0.25) is 5.91 Å². The number of likely N-dealkylation sites (tertiary alicyclic amines) is 1. The molecular formula is C16H23N3O2. The number of nitrogens with one attached hydrogen (secondary N) is 1. The van der Waals surface area contributed by atoms with Gasteiger partial charge in [0.05, 0.1) is 12.7 Å². The molecule has 1 aliphatic heterocycles. The van der Waals surface area contributed by atoms with E-state index in [1.807, 2.05) is 12.1 Å². The maximum Gasteiger partial charge on any atom is 0.234 e. The zero-order chi connectivity index (χ0) is 14.5. The van der Waals surface area contributed by atoms with Crippen molar-refractivity contribution in [2.24, 2.45) is 5.92 Å². The number of ether oxygens (including phenoxy) is 1. The summed E-state index contributed by atoms with van der Waals surface area (Å²) >= 11 is 0. The molecule has 114 valence electrons. The molecule has 5 nitrogen and oxygen atoms in total. The third-order valence-electron chi connectivity index (χ3n) is 4.35. The fourth-order valence-electron chi connectivity index (χ4n) is 2.86. The van der Waals surface area contributed by atoms with Crippen LogP contribution in [0.4, 0.5) is 0 Å². The van der Waals surface area contributed by atoms with E-state index in [0.717, 1.165) is 31.8 Å². The van der Waals surface area contributed by atoms with Crippen molar-refractivity contribution >= 4 is 5.91 Å². The Morgan fingerprint density at radius 1 is 1.43 bits per heavy atom. The van der Waals surface area contributed by atoms with Gasteiger partial charge in [-0.25, -0.2) is 0 Å². The number of hydrogen-bond donors (Lipinski definition) is 1. The molecule has 0 unspecified atom stereocenters. The molecule has 0 bridgehead atoms. The van der Waals surface area contributed by atoms with Crippen molar-refractivity contribution in [2.45, 2.75) is 31.8 Å². The van der Waals surface area contributed by atoms with Crippen LogP contribution in [-0.2, 0) is 4.79 Å². The van der Waals surface area contributed by atoms with Gasteiger partial charge in [0.15, 0.2) is 0 Å². The molecule has 1 aliphatic carbocycles. The second kappa shape index (κ2) is 6.89. The normalized spacial score (nSPS) is 22.8. The molecule has 1 aromatic heterocycles. The van der Waals surface area contributed by atoms with Gasteiger partial charge in [-0.1, -0.05) is 6.42 Å². The van der Waals surface area contributed by atoms with Crippen LogP contribution in [0.2, 0.25) is 0 Å². The van der Waals surface area contributed by atoms with Gasteiger partial charge in [-0.2, -0.15) is 0 Å². The van der Waals surface area contributed by atoms with E-state index in [4.69, 9.17) is 4.74 Å². The van der Waals surface area contributed by atoms with Crippen molar-refractivity contribution in [3.8, 4) is 5.75 Å². The van der Waals surface area contributed by atoms with Crippen LogP contribution in [0.3, 0.4) is 0 Å². The maximum atomic E-state index is 11.9. The topological polar surface area (TPSA) is 54.5 Å². The van der Waals surface area contributed by atoms with E-state index in [9.17, 15) is 4.79 Å². The molecule has 1 amide bonds. The van der Waals surface area contributed by atoms with Crippen LogP contribution < -0.4 is 10.1 Å². The van der Waals surface area contributed by atoms with Gasteiger partial charge >= 0.3 is 0 Å². The monoisotopic (exact) mass is 289 g/mol. The van der Waals surface area contributed by atoms with Crippen molar-refractivity contribution in [3.63, 3.8) is 0 Å². The summed E-state index contributed by atoms with van der Waals surface area (Å²) in [6.07, 6.45) is 8.45. The summed E-state index contributed by atoms with van der Waals surface area (Å²) in [5.74, 6) is 1.66. The maximum absolute atomic E-state index is 11.9. The molecule has 0 radical (unpaired) electrons. The highest BCUT2D eigenvalue weighted by Gasteiger charge is 2.26. The Morgan fingerprint density at radius 3 is 3.05 bits per heavy atom. The lowest BCUT2D eigenvalue weighted by Gasteiger charge is -2.25. The zero-order valence-corrected chi connectivity index (χ0v) is 12.3. The fraction of sp³-hybridized carbons (Fsp3) is 0.625. The Morgan fingerprint density at radius 2 is 2.33 bits per heavy atom. The number of carbonyl (C=O) groups is 1. The summed E-state index contributed by atoms with van der Waals surface area (Å²) in [6, 6.07) is 3.79. The van der Waals surface area contributed by atoms with Crippen LogP contribution in [0.15, 0.2) is 24.5 Å². The van der Waals surface area contributed by atoms with Gasteiger partial charge in [0.1, 0.15) is 11.9 Å². The van der Waals surface area contributed by atoms with E-state index in [1.165, 1.54) is 19.3 Å². The number of nitrogens with zero attached hydrogens (tertiary/aromatic N) is 2. The lowest BCUT2D eigenvalue weighted by molar-refractivity contribution is -0.122. The number of hydrogen-bond acceptors (Lipinski definition) is 4. The first-order valence-corrected chi connectivity index (χ1v) is 7.85. The molecular weight excluding hydrogens is 266 g/mol. The summed E-state index contributed by atoms with van der Waals surface area (Å²) < 4.78 is 5.88. The summed E-state index contributed by atoms with van der Waals surface area (Å²) in [7, 11) is 0. The highest BCUT2D eigenvalue weighted by molar-refractivity contribution is 5.78. The molecule has 2 heterocycles. The van der Waals surface area contributed by atoms with E-state index in [0.29, 0.717) is 12.5 Å². The third-order valence-corrected chi connectivity index (χ3v) is 4.35. The average molecular weight is 289 g/mol. The average Bonchev–Trinajstić information content (AvgIpc) is 2.85. The second-order valence-corrected chi connectivity index (χ2v) is 6.05. The summed E-state index contributed by atoms with van der Waals surface area (Å²) in [4.78, 5) is 18.1. The third kappa shape index (κ3) is 4.17. The number of amides is 1. The largest absolute Gasteiger partial charge is 0.487 e. The Kier molecular flexibility index (Phi) is 4.70. The predicted molar refractivity (Wildman–Crippen MR) is 80.1 cm³/mol. The molecule has 5 heteroatoms. The lowest BCUT2D eigenvalue weighted by atomic mass is 9.85. The van der Waals surface area contributed by atoms with Gasteiger partial charge < -0.3 is 10.1 Å². The smallest absolute Gasteiger partial charge is 0.234 e. The first-order chi connectivity index (χ1) is 10.3. The Hall–Kier alpha value is -1.62. The van der Waals surface area contributed by atoms with Gasteiger partial charge in [0, 0.05) is 25.8 Å². The second-order valence-electron chi connectivity index (χ2n) is 6.05. The fourth-order valence-corrected chi connectivity index (χ4v) is 2.86. The SMILES string of the molecule is O=C(CN1CC[C@H](Oc2cccnc2)C1)NCC1CCC1. The summed E-state index contributed by atoms with van der Waals surface area (Å²) in [5, 5.41) is 3.04. The van der Waals surface area contributed by atoms with Crippen LogP contribution in [-0.4, -0.2) is 48.1 Å². The highest BCUT2D eigenvalue weighted by atomic mass is 16.5. The van der Waals surface area contributed by atoms with Crippen LogP contribution in [0.25, 0.3) is 0 Å². The van der Waals surface area contributed by atoms with Crippen molar-refractivity contribution in [1.29, 1.82) is 0 Å². The highest BCUT2D eigenvalue weighted by Crippen LogP contribution is 2.25. The molecule has 2 aliphatic rings. The van der Waals surface area contributed by atoms with Gasteiger partial charge in [-0.3, -0.25) is 14.7 Å². The van der Waals surface area contributed by atoms with Gasteiger partial charge in [0.25, 0.3) is 0 Å². The van der Waals surface area contributed by atoms with Crippen LogP contribution in [0.1, 0.15) is 25.7 Å². The number of aromatic nitrogens is 1. The van der Waals surface area contributed by atoms with Crippen LogP contribution >= 0.6 is 0 Å². The predicted octanol–water partition coefficient (Wildman–Crippen LogP) is 1.45. The molecule has 0 aromatic carbocycles. The number of rotatable bonds is 6. The molecule has 21 heavy (non-hydrogen) atoms.